The number of carbonyl (C=O) groups is 2. The number of hydrogen-bond donors (Lipinski definition) is 1. The summed E-state index contributed by atoms with van der Waals surface area (Å²) in [5.41, 5.74) is -1.65. The summed E-state index contributed by atoms with van der Waals surface area (Å²) in [7, 11) is 2.30. The molecule has 0 spiro atoms. The molecule has 12 heteroatoms. The van der Waals surface area contributed by atoms with E-state index in [1.165, 1.54) is 0 Å². The molecule has 0 bridgehead atoms. The Labute approximate surface area is 154 Å². The zero-order chi connectivity index (χ0) is 20.2. The van der Waals surface area contributed by atoms with Gasteiger partial charge in [-0.15, -0.1) is 5.10 Å². The first kappa shape index (κ1) is 20.4. The van der Waals surface area contributed by atoms with Crippen LogP contribution in [-0.2, 0) is 20.5 Å². The number of nitrogens with one attached hydrogen (secondary N) is 1. The third-order valence-corrected chi connectivity index (χ3v) is 3.97. The minimum atomic E-state index is -4.90. The Hall–Kier alpha value is -2.89. The number of nitrogens with zero attached hydrogens (tertiary/aromatic N) is 2. The normalized spacial score (nSPS) is 17.6. The zero-order valence-electron chi connectivity index (χ0n) is 13.8. The average molecular weight is 405 g/mol. The van der Waals surface area contributed by atoms with Crippen LogP contribution in [0, 0.1) is 5.82 Å². The second kappa shape index (κ2) is 8.20. The van der Waals surface area contributed by atoms with Gasteiger partial charge in [-0.2, -0.15) is 18.3 Å². The van der Waals surface area contributed by atoms with Crippen LogP contribution in [0.25, 0.3) is 0 Å². The van der Waals surface area contributed by atoms with Gasteiger partial charge in [0.05, 0.1) is 30.9 Å². The number of alkyl halides is 3. The lowest BCUT2D eigenvalue weighted by atomic mass is 10.1. The summed E-state index contributed by atoms with van der Waals surface area (Å²) < 4.78 is 61.2. The molecular formula is C15H11F4N3O4S. The Morgan fingerprint density at radius 1 is 1.30 bits per heavy atom. The van der Waals surface area contributed by atoms with Crippen LogP contribution in [0.4, 0.5) is 17.6 Å². The zero-order valence-corrected chi connectivity index (χ0v) is 14.6. The van der Waals surface area contributed by atoms with Crippen molar-refractivity contribution < 1.29 is 36.6 Å². The molecule has 0 aliphatic carbocycles. The Balaban J connectivity index is 2.26. The second-order valence-corrected chi connectivity index (χ2v) is 5.84. The molecule has 0 radical (unpaired) electrons. The van der Waals surface area contributed by atoms with Crippen molar-refractivity contribution in [2.45, 2.75) is 6.18 Å². The highest BCUT2D eigenvalue weighted by molar-refractivity contribution is 8.18. The number of carbonyl (C=O) groups excluding carboxylic acids is 2. The minimum absolute atomic E-state index is 0.00882. The van der Waals surface area contributed by atoms with Gasteiger partial charge in [0.1, 0.15) is 11.6 Å². The minimum Gasteiger partial charge on any atom is -0.496 e. The predicted octanol–water partition coefficient (Wildman–Crippen LogP) is 2.46. The molecule has 144 valence electrons. The van der Waals surface area contributed by atoms with Crippen molar-refractivity contribution in [3.8, 4) is 5.75 Å². The Morgan fingerprint density at radius 3 is 2.59 bits per heavy atom. The van der Waals surface area contributed by atoms with Crippen molar-refractivity contribution in [2.75, 3.05) is 14.2 Å². The summed E-state index contributed by atoms with van der Waals surface area (Å²) in [4.78, 5) is 22.8. The number of thioether (sulfide) groups is 1. The van der Waals surface area contributed by atoms with E-state index in [1.54, 1.807) is 0 Å². The summed E-state index contributed by atoms with van der Waals surface area (Å²) in [6.07, 6.45) is -3.03. The first-order valence-corrected chi connectivity index (χ1v) is 7.82. The molecule has 27 heavy (non-hydrogen) atoms. The van der Waals surface area contributed by atoms with Crippen molar-refractivity contribution in [1.29, 1.82) is 0 Å². The fourth-order valence-electron chi connectivity index (χ4n) is 1.85. The lowest BCUT2D eigenvalue weighted by Crippen LogP contribution is -2.19. The standard InChI is InChI=1S/C15H11F4N3O4S/c1-25-10-4-9(16)8(15(17,18)19)3-7(10)6-20-22-14-21-13(24)11(27-14)5-12(23)26-2/h3-6H,1-2H3,(H,21,22,24)/b11-5+,20-6?. The van der Waals surface area contributed by atoms with Crippen molar-refractivity contribution in [3.63, 3.8) is 0 Å². The molecule has 1 aromatic rings. The number of hydrogen-bond acceptors (Lipinski definition) is 7. The van der Waals surface area contributed by atoms with Crippen molar-refractivity contribution >= 4 is 35.0 Å². The van der Waals surface area contributed by atoms with Crippen LogP contribution in [0.5, 0.6) is 5.75 Å². The largest absolute Gasteiger partial charge is 0.496 e. The van der Waals surface area contributed by atoms with Crippen molar-refractivity contribution in [1.82, 2.24) is 5.32 Å². The first-order valence-electron chi connectivity index (χ1n) is 7.00. The number of ether oxygens (including phenoxy) is 2. The summed E-state index contributed by atoms with van der Waals surface area (Å²) in [5, 5.41) is 9.50. The van der Waals surface area contributed by atoms with Crippen LogP contribution in [0.1, 0.15) is 11.1 Å². The van der Waals surface area contributed by atoms with Gasteiger partial charge in [-0.3, -0.25) is 10.1 Å². The molecule has 1 heterocycles. The summed E-state index contributed by atoms with van der Waals surface area (Å²) in [6, 6.07) is 1.11. The average Bonchev–Trinajstić information content (AvgIpc) is 2.94. The molecule has 0 aromatic heterocycles. The summed E-state index contributed by atoms with van der Waals surface area (Å²) >= 11 is 0.782. The maximum atomic E-state index is 13.5. The van der Waals surface area contributed by atoms with Gasteiger partial charge in [-0.25, -0.2) is 9.18 Å². The van der Waals surface area contributed by atoms with Crippen molar-refractivity contribution in [2.24, 2.45) is 10.2 Å². The maximum Gasteiger partial charge on any atom is 0.419 e. The molecule has 1 saturated heterocycles. The van der Waals surface area contributed by atoms with Gasteiger partial charge >= 0.3 is 12.1 Å². The number of esters is 1. The highest BCUT2D eigenvalue weighted by Crippen LogP contribution is 2.34. The van der Waals surface area contributed by atoms with Crippen LogP contribution >= 0.6 is 11.8 Å². The number of halogens is 4. The molecule has 1 aromatic carbocycles. The lowest BCUT2D eigenvalue weighted by Gasteiger charge is -2.11. The van der Waals surface area contributed by atoms with Gasteiger partial charge in [0.2, 0.25) is 0 Å². The Morgan fingerprint density at radius 2 is 2.00 bits per heavy atom. The highest BCUT2D eigenvalue weighted by atomic mass is 32.2. The van der Waals surface area contributed by atoms with E-state index in [1.807, 2.05) is 0 Å². The number of amidine groups is 1. The van der Waals surface area contributed by atoms with Crippen LogP contribution in [0.3, 0.4) is 0 Å². The number of rotatable bonds is 4. The summed E-state index contributed by atoms with van der Waals surface area (Å²) in [5.74, 6) is -3.02. The van der Waals surface area contributed by atoms with Gasteiger partial charge in [0.25, 0.3) is 5.91 Å². The van der Waals surface area contributed by atoms with Crippen molar-refractivity contribution in [3.05, 3.63) is 40.1 Å². The molecule has 1 N–H and O–H groups in total. The van der Waals surface area contributed by atoms with E-state index in [9.17, 15) is 27.2 Å². The molecule has 7 nitrogen and oxygen atoms in total. The van der Waals surface area contributed by atoms with E-state index in [0.29, 0.717) is 12.1 Å². The smallest absolute Gasteiger partial charge is 0.419 e. The first-order chi connectivity index (χ1) is 12.7. The predicted molar refractivity (Wildman–Crippen MR) is 88.8 cm³/mol. The van der Waals surface area contributed by atoms with Gasteiger partial charge < -0.3 is 9.47 Å². The van der Waals surface area contributed by atoms with Crippen LogP contribution < -0.4 is 10.1 Å². The summed E-state index contributed by atoms with van der Waals surface area (Å²) in [6.45, 7) is 0. The molecule has 0 saturated carbocycles. The van der Waals surface area contributed by atoms with Crippen LogP contribution in [-0.4, -0.2) is 37.5 Å². The second-order valence-electron chi connectivity index (χ2n) is 4.81. The molecule has 1 aliphatic rings. The third-order valence-electron chi connectivity index (χ3n) is 3.07. The molecule has 1 fully saturated rings. The number of amides is 1. The Bertz CT molecular complexity index is 865. The van der Waals surface area contributed by atoms with E-state index in [2.05, 4.69) is 20.3 Å². The van der Waals surface area contributed by atoms with E-state index in [0.717, 1.165) is 38.3 Å². The Kier molecular flexibility index (Phi) is 6.20. The molecule has 1 amide bonds. The maximum absolute atomic E-state index is 13.5. The molecule has 0 atom stereocenters. The SMILES string of the molecule is COC(=O)/C=C1/S/C(=N\N=Cc2cc(C(F)(F)F)c(F)cc2OC)NC1=O. The van der Waals surface area contributed by atoms with Gasteiger partial charge in [0, 0.05) is 17.7 Å². The van der Waals surface area contributed by atoms with Gasteiger partial charge in [0.15, 0.2) is 5.17 Å². The third kappa shape index (κ3) is 5.06. The monoisotopic (exact) mass is 405 g/mol. The molecule has 0 unspecified atom stereocenters. The number of methoxy groups -OCH3 is 2. The van der Waals surface area contributed by atoms with E-state index >= 15 is 0 Å². The fourth-order valence-corrected chi connectivity index (χ4v) is 2.59. The molecule has 2 rings (SSSR count). The van der Waals surface area contributed by atoms with E-state index < -0.39 is 29.4 Å². The van der Waals surface area contributed by atoms with Gasteiger partial charge in [-0.1, -0.05) is 0 Å². The topological polar surface area (TPSA) is 89.3 Å². The highest BCUT2D eigenvalue weighted by Gasteiger charge is 2.35. The van der Waals surface area contributed by atoms with Crippen LogP contribution in [0.2, 0.25) is 0 Å². The van der Waals surface area contributed by atoms with Crippen LogP contribution in [0.15, 0.2) is 33.3 Å². The van der Waals surface area contributed by atoms with Gasteiger partial charge in [-0.05, 0) is 17.8 Å². The fraction of sp³-hybridized carbons (Fsp3) is 0.200. The van der Waals surface area contributed by atoms with E-state index in [4.69, 9.17) is 4.74 Å². The van der Waals surface area contributed by atoms with E-state index in [-0.39, 0.29) is 21.4 Å². The number of benzene rings is 1. The lowest BCUT2D eigenvalue weighted by molar-refractivity contribution is -0.140. The molecular weight excluding hydrogens is 394 g/mol. The molecule has 1 aliphatic heterocycles. The quantitative estimate of drug-likeness (QED) is 0.273.